The van der Waals surface area contributed by atoms with Crippen molar-refractivity contribution in [2.45, 2.75) is 38.6 Å². The fraction of sp³-hybridized carbons (Fsp3) is 0.889. The Bertz CT molecular complexity index is 178. The molecule has 1 heterocycles. The molecule has 0 aromatic heterocycles. The second kappa shape index (κ2) is 2.50. The van der Waals surface area contributed by atoms with Crippen molar-refractivity contribution in [3.05, 3.63) is 0 Å². The molecule has 11 heavy (non-hydrogen) atoms. The second-order valence-corrected chi connectivity index (χ2v) is 3.85. The third kappa shape index (κ3) is 1.05. The van der Waals surface area contributed by atoms with Crippen LogP contribution in [0.2, 0.25) is 0 Å². The molecule has 2 fully saturated rings. The van der Waals surface area contributed by atoms with Crippen LogP contribution in [0.3, 0.4) is 0 Å². The summed E-state index contributed by atoms with van der Waals surface area (Å²) in [4.78, 5) is 11.2. The first-order chi connectivity index (χ1) is 5.29. The van der Waals surface area contributed by atoms with Gasteiger partial charge < -0.3 is 5.32 Å². The van der Waals surface area contributed by atoms with Crippen molar-refractivity contribution in [2.75, 3.05) is 0 Å². The van der Waals surface area contributed by atoms with Crippen LogP contribution in [0.4, 0.5) is 0 Å². The van der Waals surface area contributed by atoms with Gasteiger partial charge in [-0.25, -0.2) is 0 Å². The van der Waals surface area contributed by atoms with Crippen molar-refractivity contribution in [1.29, 1.82) is 0 Å². The van der Waals surface area contributed by atoms with Crippen LogP contribution in [-0.2, 0) is 4.79 Å². The second-order valence-electron chi connectivity index (χ2n) is 3.85. The van der Waals surface area contributed by atoms with Gasteiger partial charge in [-0.15, -0.1) is 0 Å². The molecule has 2 nitrogen and oxygen atoms in total. The lowest BCUT2D eigenvalue weighted by atomic mass is 9.81. The molecule has 0 spiro atoms. The first kappa shape index (κ1) is 7.14. The van der Waals surface area contributed by atoms with Crippen molar-refractivity contribution in [3.63, 3.8) is 0 Å². The molecule has 0 aromatic rings. The summed E-state index contributed by atoms with van der Waals surface area (Å²) in [5, 5.41) is 3.07. The maximum Gasteiger partial charge on any atom is 0.223 e. The van der Waals surface area contributed by atoms with Gasteiger partial charge in [0.25, 0.3) is 0 Å². The van der Waals surface area contributed by atoms with Gasteiger partial charge in [0, 0.05) is 12.0 Å². The fourth-order valence-corrected chi connectivity index (χ4v) is 2.45. The Morgan fingerprint density at radius 3 is 2.82 bits per heavy atom. The topological polar surface area (TPSA) is 29.1 Å². The minimum absolute atomic E-state index is 0.278. The summed E-state index contributed by atoms with van der Waals surface area (Å²) >= 11 is 0. The number of fused-ring (bicyclic) bond motifs is 1. The van der Waals surface area contributed by atoms with Crippen LogP contribution in [0, 0.1) is 11.8 Å². The summed E-state index contributed by atoms with van der Waals surface area (Å²) < 4.78 is 0. The molecule has 62 valence electrons. The molecule has 0 radical (unpaired) electrons. The normalized spacial score (nSPS) is 43.4. The van der Waals surface area contributed by atoms with Gasteiger partial charge in [0.2, 0.25) is 5.91 Å². The maximum absolute atomic E-state index is 11.2. The molecular formula is C9H15NO. The van der Waals surface area contributed by atoms with Crippen LogP contribution in [0.25, 0.3) is 0 Å². The molecule has 3 atom stereocenters. The Labute approximate surface area is 67.4 Å². The Balaban J connectivity index is 2.11. The van der Waals surface area contributed by atoms with Crippen molar-refractivity contribution in [3.8, 4) is 0 Å². The predicted octanol–water partition coefficient (Wildman–Crippen LogP) is 1.31. The number of rotatable bonds is 0. The SMILES string of the molecule is CC1C(=O)NC2CCCCC21. The molecule has 2 heteroatoms. The van der Waals surface area contributed by atoms with E-state index in [1.807, 2.05) is 0 Å². The molecule has 1 saturated carbocycles. The minimum Gasteiger partial charge on any atom is -0.353 e. The largest absolute Gasteiger partial charge is 0.353 e. The number of carbonyl (C=O) groups is 1. The average Bonchev–Trinajstić information content (AvgIpc) is 2.30. The summed E-state index contributed by atoms with van der Waals surface area (Å²) in [6.45, 7) is 2.06. The zero-order chi connectivity index (χ0) is 7.84. The lowest BCUT2D eigenvalue weighted by molar-refractivity contribution is -0.122. The van der Waals surface area contributed by atoms with Gasteiger partial charge in [-0.3, -0.25) is 4.79 Å². The fourth-order valence-electron chi connectivity index (χ4n) is 2.45. The van der Waals surface area contributed by atoms with Crippen LogP contribution in [-0.4, -0.2) is 11.9 Å². The van der Waals surface area contributed by atoms with Crippen molar-refractivity contribution in [2.24, 2.45) is 11.8 Å². The zero-order valence-electron chi connectivity index (χ0n) is 6.97. The molecule has 1 amide bonds. The van der Waals surface area contributed by atoms with Gasteiger partial charge in [-0.1, -0.05) is 19.8 Å². The number of carbonyl (C=O) groups excluding carboxylic acids is 1. The summed E-state index contributed by atoms with van der Waals surface area (Å²) in [6.07, 6.45) is 5.08. The van der Waals surface area contributed by atoms with E-state index in [-0.39, 0.29) is 11.8 Å². The molecule has 0 bridgehead atoms. The van der Waals surface area contributed by atoms with Gasteiger partial charge >= 0.3 is 0 Å². The van der Waals surface area contributed by atoms with E-state index in [0.717, 1.165) is 0 Å². The minimum atomic E-state index is 0.278. The highest BCUT2D eigenvalue weighted by Crippen LogP contribution is 2.34. The summed E-state index contributed by atoms with van der Waals surface area (Å²) in [5.41, 5.74) is 0. The van der Waals surface area contributed by atoms with E-state index in [4.69, 9.17) is 0 Å². The zero-order valence-corrected chi connectivity index (χ0v) is 6.97. The summed E-state index contributed by atoms with van der Waals surface area (Å²) in [6, 6.07) is 0.520. The third-order valence-electron chi connectivity index (χ3n) is 3.20. The first-order valence-electron chi connectivity index (χ1n) is 4.59. The van der Waals surface area contributed by atoms with Gasteiger partial charge in [-0.2, -0.15) is 0 Å². The van der Waals surface area contributed by atoms with E-state index in [0.29, 0.717) is 12.0 Å². The highest BCUT2D eigenvalue weighted by molar-refractivity contribution is 5.81. The molecule has 2 aliphatic rings. The van der Waals surface area contributed by atoms with E-state index in [1.165, 1.54) is 25.7 Å². The number of hydrogen-bond acceptors (Lipinski definition) is 1. The average molecular weight is 153 g/mol. The lowest BCUT2D eigenvalue weighted by Crippen LogP contribution is -2.31. The van der Waals surface area contributed by atoms with E-state index in [9.17, 15) is 4.79 Å². The maximum atomic E-state index is 11.2. The van der Waals surface area contributed by atoms with Crippen LogP contribution in [0.15, 0.2) is 0 Å². The molecule has 0 aromatic carbocycles. The quantitative estimate of drug-likeness (QED) is 0.558. The summed E-state index contributed by atoms with van der Waals surface area (Å²) in [7, 11) is 0. The Kier molecular flexibility index (Phi) is 1.63. The molecule has 3 unspecified atom stereocenters. The van der Waals surface area contributed by atoms with Gasteiger partial charge in [0.15, 0.2) is 0 Å². The van der Waals surface area contributed by atoms with Crippen LogP contribution >= 0.6 is 0 Å². The van der Waals surface area contributed by atoms with Gasteiger partial charge in [0.1, 0.15) is 0 Å². The Morgan fingerprint density at radius 1 is 1.36 bits per heavy atom. The monoisotopic (exact) mass is 153 g/mol. The van der Waals surface area contributed by atoms with Crippen LogP contribution < -0.4 is 5.32 Å². The molecule has 1 saturated heterocycles. The third-order valence-corrected chi connectivity index (χ3v) is 3.20. The smallest absolute Gasteiger partial charge is 0.223 e. The number of nitrogens with one attached hydrogen (secondary N) is 1. The summed E-state index contributed by atoms with van der Waals surface area (Å²) in [5.74, 6) is 1.21. The highest BCUT2D eigenvalue weighted by atomic mass is 16.2. The number of amides is 1. The molecule has 1 aliphatic heterocycles. The predicted molar refractivity (Wildman–Crippen MR) is 43.1 cm³/mol. The van der Waals surface area contributed by atoms with E-state index in [2.05, 4.69) is 12.2 Å². The number of hydrogen-bond donors (Lipinski definition) is 1. The Hall–Kier alpha value is -0.530. The van der Waals surface area contributed by atoms with Crippen molar-refractivity contribution in [1.82, 2.24) is 5.32 Å². The standard InChI is InChI=1S/C9H15NO/c1-6-7-4-2-3-5-8(7)10-9(6)11/h6-8H,2-5H2,1H3,(H,10,11). The van der Waals surface area contributed by atoms with Crippen molar-refractivity contribution >= 4 is 5.91 Å². The van der Waals surface area contributed by atoms with Crippen molar-refractivity contribution < 1.29 is 4.79 Å². The van der Waals surface area contributed by atoms with Gasteiger partial charge in [-0.05, 0) is 18.8 Å². The molecular weight excluding hydrogens is 138 g/mol. The molecule has 2 rings (SSSR count). The highest BCUT2D eigenvalue weighted by Gasteiger charge is 2.39. The molecule has 1 N–H and O–H groups in total. The first-order valence-corrected chi connectivity index (χ1v) is 4.59. The Morgan fingerprint density at radius 2 is 2.09 bits per heavy atom. The van der Waals surface area contributed by atoms with E-state index < -0.39 is 0 Å². The van der Waals surface area contributed by atoms with E-state index >= 15 is 0 Å². The van der Waals surface area contributed by atoms with Crippen LogP contribution in [0.5, 0.6) is 0 Å². The lowest BCUT2D eigenvalue weighted by Gasteiger charge is -2.25. The van der Waals surface area contributed by atoms with Gasteiger partial charge in [0.05, 0.1) is 0 Å². The van der Waals surface area contributed by atoms with E-state index in [1.54, 1.807) is 0 Å². The molecule has 1 aliphatic carbocycles. The van der Waals surface area contributed by atoms with Crippen LogP contribution in [0.1, 0.15) is 32.6 Å².